The third-order valence-electron chi connectivity index (χ3n) is 4.51. The van der Waals surface area contributed by atoms with Crippen molar-refractivity contribution in [1.29, 1.82) is 0 Å². The monoisotopic (exact) mass is 395 g/mol. The van der Waals surface area contributed by atoms with Gasteiger partial charge in [-0.05, 0) is 65.0 Å². The summed E-state index contributed by atoms with van der Waals surface area (Å²) in [6.45, 7) is 10.3. The van der Waals surface area contributed by atoms with E-state index in [9.17, 15) is 9.59 Å². The molecule has 0 atom stereocenters. The number of aryl methyl sites for hydroxylation is 1. The molecule has 0 saturated heterocycles. The fourth-order valence-corrected chi connectivity index (χ4v) is 4.43. The molecule has 1 amide bonds. The van der Waals surface area contributed by atoms with Crippen LogP contribution < -0.4 is 15.8 Å². The third kappa shape index (κ3) is 4.22. The number of anilines is 2. The second kappa shape index (κ2) is 8.10. The first-order chi connectivity index (χ1) is 13.3. The van der Waals surface area contributed by atoms with Crippen LogP contribution in [0.15, 0.2) is 47.3 Å². The standard InChI is InChI=1S/C22H25N3O2S/c1-13(2)25(14(3)4)22-24-21(27)18-12-17(10-11-19(18)28-22)23-20(26)16-8-6-15(5)7-9-16/h6-14H,1-5H3,(H,23,26). The Labute approximate surface area is 169 Å². The maximum Gasteiger partial charge on any atom is 0.281 e. The van der Waals surface area contributed by atoms with Gasteiger partial charge in [-0.1, -0.05) is 29.0 Å². The molecule has 6 heteroatoms. The molecule has 3 aromatic rings. The number of hydrogen-bond donors (Lipinski definition) is 1. The molecular weight excluding hydrogens is 370 g/mol. The predicted octanol–water partition coefficient (Wildman–Crippen LogP) is 4.84. The van der Waals surface area contributed by atoms with Gasteiger partial charge in [0, 0.05) is 28.0 Å². The third-order valence-corrected chi connectivity index (χ3v) is 5.57. The van der Waals surface area contributed by atoms with E-state index in [4.69, 9.17) is 0 Å². The summed E-state index contributed by atoms with van der Waals surface area (Å²) in [6, 6.07) is 13.2. The summed E-state index contributed by atoms with van der Waals surface area (Å²) in [5.74, 6) is -0.203. The normalized spacial score (nSPS) is 11.2. The Bertz CT molecular complexity index is 1050. The van der Waals surface area contributed by atoms with E-state index in [1.165, 1.54) is 11.3 Å². The van der Waals surface area contributed by atoms with Crippen molar-refractivity contribution in [3.05, 3.63) is 63.9 Å². The molecule has 0 aliphatic heterocycles. The lowest BCUT2D eigenvalue weighted by Crippen LogP contribution is -2.38. The highest BCUT2D eigenvalue weighted by Crippen LogP contribution is 2.28. The number of nitrogens with zero attached hydrogens (tertiary/aromatic N) is 2. The van der Waals surface area contributed by atoms with Crippen molar-refractivity contribution in [3.63, 3.8) is 0 Å². The predicted molar refractivity (Wildman–Crippen MR) is 118 cm³/mol. The van der Waals surface area contributed by atoms with Gasteiger partial charge in [-0.15, -0.1) is 0 Å². The zero-order chi connectivity index (χ0) is 20.4. The number of aromatic nitrogens is 1. The molecule has 1 aromatic heterocycles. The topological polar surface area (TPSA) is 62.3 Å². The summed E-state index contributed by atoms with van der Waals surface area (Å²) < 4.78 is 0.856. The lowest BCUT2D eigenvalue weighted by molar-refractivity contribution is 0.102. The molecular formula is C22H25N3O2S. The zero-order valence-corrected chi connectivity index (χ0v) is 17.6. The van der Waals surface area contributed by atoms with Crippen LogP contribution in [-0.4, -0.2) is 23.0 Å². The van der Waals surface area contributed by atoms with Gasteiger partial charge in [-0.25, -0.2) is 0 Å². The highest BCUT2D eigenvalue weighted by atomic mass is 32.1. The number of carbonyl (C=O) groups is 1. The molecule has 0 fully saturated rings. The van der Waals surface area contributed by atoms with Gasteiger partial charge < -0.3 is 10.2 Å². The van der Waals surface area contributed by atoms with E-state index in [2.05, 4.69) is 42.9 Å². The summed E-state index contributed by atoms with van der Waals surface area (Å²) in [6.07, 6.45) is 0. The highest BCUT2D eigenvalue weighted by molar-refractivity contribution is 7.21. The van der Waals surface area contributed by atoms with Gasteiger partial charge in [0.05, 0.1) is 5.39 Å². The molecule has 146 valence electrons. The van der Waals surface area contributed by atoms with Gasteiger partial charge in [-0.2, -0.15) is 4.98 Å². The highest BCUT2D eigenvalue weighted by Gasteiger charge is 2.18. The quantitative estimate of drug-likeness (QED) is 0.671. The summed E-state index contributed by atoms with van der Waals surface area (Å²) >= 11 is 1.49. The Hall–Kier alpha value is -2.73. The molecule has 0 radical (unpaired) electrons. The number of rotatable bonds is 5. The van der Waals surface area contributed by atoms with E-state index in [-0.39, 0.29) is 23.6 Å². The number of nitrogens with one attached hydrogen (secondary N) is 1. The number of hydrogen-bond acceptors (Lipinski definition) is 5. The Morgan fingerprint density at radius 3 is 2.29 bits per heavy atom. The van der Waals surface area contributed by atoms with Crippen LogP contribution >= 0.6 is 11.3 Å². The lowest BCUT2D eigenvalue weighted by Gasteiger charge is -2.31. The fourth-order valence-electron chi connectivity index (χ4n) is 3.19. The molecule has 0 bridgehead atoms. The van der Waals surface area contributed by atoms with Crippen LogP contribution in [0.5, 0.6) is 0 Å². The Morgan fingerprint density at radius 1 is 1.04 bits per heavy atom. The maximum absolute atomic E-state index is 12.7. The van der Waals surface area contributed by atoms with Crippen molar-refractivity contribution in [1.82, 2.24) is 4.98 Å². The molecule has 3 rings (SSSR count). The SMILES string of the molecule is Cc1ccc(C(=O)Nc2ccc3sc(N(C(C)C)C(C)C)nc(=O)c3c2)cc1. The van der Waals surface area contributed by atoms with Crippen molar-refractivity contribution < 1.29 is 4.79 Å². The molecule has 28 heavy (non-hydrogen) atoms. The van der Waals surface area contributed by atoms with Gasteiger partial charge in [0.1, 0.15) is 0 Å². The average Bonchev–Trinajstić information content (AvgIpc) is 2.62. The molecule has 0 aliphatic carbocycles. The van der Waals surface area contributed by atoms with Crippen LogP contribution in [0.4, 0.5) is 10.8 Å². The van der Waals surface area contributed by atoms with Gasteiger partial charge in [-0.3, -0.25) is 9.59 Å². The second-order valence-electron chi connectivity index (χ2n) is 7.43. The molecule has 1 N–H and O–H groups in total. The van der Waals surface area contributed by atoms with Crippen LogP contribution in [0.25, 0.3) is 10.1 Å². The number of fused-ring (bicyclic) bond motifs is 1. The van der Waals surface area contributed by atoms with Crippen molar-refractivity contribution in [2.45, 2.75) is 46.7 Å². The fraction of sp³-hybridized carbons (Fsp3) is 0.318. The minimum Gasteiger partial charge on any atom is -0.343 e. The zero-order valence-electron chi connectivity index (χ0n) is 16.8. The van der Waals surface area contributed by atoms with Gasteiger partial charge in [0.2, 0.25) is 0 Å². The average molecular weight is 396 g/mol. The van der Waals surface area contributed by atoms with Crippen LogP contribution in [-0.2, 0) is 0 Å². The largest absolute Gasteiger partial charge is 0.343 e. The number of carbonyl (C=O) groups excluding carboxylic acids is 1. The Kier molecular flexibility index (Phi) is 5.79. The molecule has 0 aliphatic rings. The number of amides is 1. The molecule has 1 heterocycles. The molecule has 2 aromatic carbocycles. The first kappa shape index (κ1) is 20.0. The summed E-state index contributed by atoms with van der Waals surface area (Å²) in [7, 11) is 0. The van der Waals surface area contributed by atoms with Crippen molar-refractivity contribution in [2.75, 3.05) is 10.2 Å². The summed E-state index contributed by atoms with van der Waals surface area (Å²) in [5, 5.41) is 4.10. The first-order valence-electron chi connectivity index (χ1n) is 9.37. The summed E-state index contributed by atoms with van der Waals surface area (Å²) in [5.41, 5.74) is 1.98. The first-order valence-corrected chi connectivity index (χ1v) is 10.2. The Morgan fingerprint density at radius 2 is 1.68 bits per heavy atom. The van der Waals surface area contributed by atoms with Crippen molar-refractivity contribution in [3.8, 4) is 0 Å². The van der Waals surface area contributed by atoms with Gasteiger partial charge in [0.15, 0.2) is 5.13 Å². The Balaban J connectivity index is 1.93. The van der Waals surface area contributed by atoms with E-state index in [1.807, 2.05) is 31.2 Å². The minimum atomic E-state index is -0.276. The van der Waals surface area contributed by atoms with E-state index in [1.54, 1.807) is 18.2 Å². The molecule has 5 nitrogen and oxygen atoms in total. The van der Waals surface area contributed by atoms with E-state index < -0.39 is 0 Å². The van der Waals surface area contributed by atoms with Crippen molar-refractivity contribution in [2.24, 2.45) is 0 Å². The van der Waals surface area contributed by atoms with Crippen molar-refractivity contribution >= 4 is 38.1 Å². The van der Waals surface area contributed by atoms with Gasteiger partial charge >= 0.3 is 0 Å². The minimum absolute atomic E-state index is 0.203. The smallest absolute Gasteiger partial charge is 0.281 e. The number of benzene rings is 2. The molecule has 0 unspecified atom stereocenters. The van der Waals surface area contributed by atoms with E-state index in [0.29, 0.717) is 16.6 Å². The van der Waals surface area contributed by atoms with E-state index >= 15 is 0 Å². The molecule has 0 saturated carbocycles. The second-order valence-corrected chi connectivity index (χ2v) is 8.44. The van der Waals surface area contributed by atoms with Crippen LogP contribution in [0.2, 0.25) is 0 Å². The van der Waals surface area contributed by atoms with Crippen LogP contribution in [0.1, 0.15) is 43.6 Å². The van der Waals surface area contributed by atoms with Crippen LogP contribution in [0.3, 0.4) is 0 Å². The summed E-state index contributed by atoms with van der Waals surface area (Å²) in [4.78, 5) is 31.5. The van der Waals surface area contributed by atoms with Crippen LogP contribution in [0, 0.1) is 6.92 Å². The lowest BCUT2D eigenvalue weighted by atomic mass is 10.1. The maximum atomic E-state index is 12.7. The van der Waals surface area contributed by atoms with E-state index in [0.717, 1.165) is 15.4 Å². The van der Waals surface area contributed by atoms with Gasteiger partial charge in [0.25, 0.3) is 11.5 Å². The molecule has 0 spiro atoms.